The second kappa shape index (κ2) is 8.97. The molecule has 2 atom stereocenters. The van der Waals surface area contributed by atoms with E-state index >= 15 is 0 Å². The molecule has 2 unspecified atom stereocenters. The summed E-state index contributed by atoms with van der Waals surface area (Å²) in [7, 11) is 0. The van der Waals surface area contributed by atoms with Crippen LogP contribution in [-0.2, 0) is 0 Å². The lowest BCUT2D eigenvalue weighted by Gasteiger charge is -2.37. The van der Waals surface area contributed by atoms with Gasteiger partial charge < -0.3 is 25.7 Å². The van der Waals surface area contributed by atoms with Crippen molar-refractivity contribution in [1.82, 2.24) is 20.1 Å². The predicted octanol–water partition coefficient (Wildman–Crippen LogP) is 1.57. The molecule has 0 bridgehead atoms. The molecule has 36 heavy (non-hydrogen) atoms. The van der Waals surface area contributed by atoms with Crippen LogP contribution in [0, 0.1) is 17.8 Å². The molecular formula is C27H29N7O2. The van der Waals surface area contributed by atoms with Crippen molar-refractivity contribution in [2.45, 2.75) is 12.0 Å². The van der Waals surface area contributed by atoms with Gasteiger partial charge in [-0.25, -0.2) is 4.98 Å². The normalized spacial score (nSPS) is 23.2. The van der Waals surface area contributed by atoms with Gasteiger partial charge in [0.1, 0.15) is 11.4 Å². The number of pyridine rings is 1. The summed E-state index contributed by atoms with van der Waals surface area (Å²) < 4.78 is 0. The minimum absolute atomic E-state index is 0.165. The van der Waals surface area contributed by atoms with Gasteiger partial charge in [0.05, 0.1) is 23.5 Å². The fourth-order valence-corrected chi connectivity index (χ4v) is 5.28. The standard InChI is InChI=1S/C27H29N7O2/c28-26-24(15-23(30-31-26)22-5-1-2-6-25(22)35)34-12-10-33(11-13-34)21-7-8-29-20(14-21)4-3-9-32-17-19-16-27(19,36)18-32/h1-2,5-8,14-15,19,35-36H,9-13,16-18H2,(H2,28,31). The minimum Gasteiger partial charge on any atom is -0.507 e. The molecule has 2 aromatic heterocycles. The van der Waals surface area contributed by atoms with Gasteiger partial charge in [-0.2, -0.15) is 0 Å². The molecule has 4 N–H and O–H groups in total. The first-order valence-electron chi connectivity index (χ1n) is 12.3. The first-order valence-corrected chi connectivity index (χ1v) is 12.3. The highest BCUT2D eigenvalue weighted by Crippen LogP contribution is 2.49. The topological polar surface area (TPSA) is 115 Å². The maximum absolute atomic E-state index is 10.2. The second-order valence-corrected chi connectivity index (χ2v) is 9.87. The Balaban J connectivity index is 1.10. The van der Waals surface area contributed by atoms with Crippen molar-refractivity contribution >= 4 is 17.2 Å². The Labute approximate surface area is 210 Å². The van der Waals surface area contributed by atoms with Crippen LogP contribution in [0.1, 0.15) is 12.1 Å². The van der Waals surface area contributed by atoms with Crippen LogP contribution in [0.4, 0.5) is 17.2 Å². The minimum atomic E-state index is -0.441. The molecule has 3 aromatic rings. The number of likely N-dealkylation sites (tertiary alicyclic amines) is 1. The van der Waals surface area contributed by atoms with Gasteiger partial charge in [-0.1, -0.05) is 18.1 Å². The zero-order chi connectivity index (χ0) is 24.7. The molecular weight excluding hydrogens is 454 g/mol. The summed E-state index contributed by atoms with van der Waals surface area (Å²) in [4.78, 5) is 11.2. The molecule has 0 radical (unpaired) electrons. The SMILES string of the molecule is Nc1nnc(-c2ccccc2O)cc1N1CCN(c2ccnc(C#CCN3CC4CC4(O)C3)c2)CC1. The van der Waals surface area contributed by atoms with Crippen LogP contribution in [0.2, 0.25) is 0 Å². The quantitative estimate of drug-likeness (QED) is 0.476. The van der Waals surface area contributed by atoms with Gasteiger partial charge in [0.15, 0.2) is 5.82 Å². The van der Waals surface area contributed by atoms with Crippen molar-refractivity contribution in [3.05, 3.63) is 54.4 Å². The number of anilines is 3. The first-order chi connectivity index (χ1) is 17.5. The number of hydrogen-bond acceptors (Lipinski definition) is 9. The van der Waals surface area contributed by atoms with E-state index in [0.717, 1.165) is 62.8 Å². The van der Waals surface area contributed by atoms with Gasteiger partial charge in [-0.3, -0.25) is 4.90 Å². The van der Waals surface area contributed by atoms with Crippen LogP contribution >= 0.6 is 0 Å². The zero-order valence-corrected chi connectivity index (χ0v) is 20.0. The lowest BCUT2D eigenvalue weighted by molar-refractivity contribution is 0.132. The van der Waals surface area contributed by atoms with Crippen molar-refractivity contribution in [2.75, 3.05) is 61.3 Å². The number of nitrogens with two attached hydrogens (primary N) is 1. The number of nitrogen functional groups attached to an aromatic ring is 1. The van der Waals surface area contributed by atoms with E-state index < -0.39 is 5.60 Å². The van der Waals surface area contributed by atoms with E-state index in [2.05, 4.69) is 41.7 Å². The average molecular weight is 484 g/mol. The summed E-state index contributed by atoms with van der Waals surface area (Å²) in [6.07, 6.45) is 2.75. The molecule has 1 saturated carbocycles. The van der Waals surface area contributed by atoms with E-state index in [9.17, 15) is 10.2 Å². The molecule has 3 aliphatic rings. The lowest BCUT2D eigenvalue weighted by atomic mass is 10.1. The molecule has 4 heterocycles. The number of β-amino-alcohol motifs (C(OH)–C–C–N with tert-alkyl or cyclic N) is 1. The van der Waals surface area contributed by atoms with Gasteiger partial charge in [-0.15, -0.1) is 10.2 Å². The van der Waals surface area contributed by atoms with E-state index in [-0.39, 0.29) is 5.75 Å². The van der Waals surface area contributed by atoms with E-state index in [1.807, 2.05) is 36.5 Å². The molecule has 2 aliphatic heterocycles. The smallest absolute Gasteiger partial charge is 0.169 e. The highest BCUT2D eigenvalue weighted by molar-refractivity contribution is 5.74. The third-order valence-electron chi connectivity index (χ3n) is 7.41. The number of phenolic OH excluding ortho intramolecular Hbond substituents is 1. The van der Waals surface area contributed by atoms with Crippen molar-refractivity contribution in [3.8, 4) is 28.8 Å². The third-order valence-corrected chi connectivity index (χ3v) is 7.41. The summed E-state index contributed by atoms with van der Waals surface area (Å²) in [5.41, 5.74) is 9.65. The summed E-state index contributed by atoms with van der Waals surface area (Å²) in [5.74, 6) is 7.39. The van der Waals surface area contributed by atoms with E-state index in [1.54, 1.807) is 12.1 Å². The Bertz CT molecular complexity index is 1350. The van der Waals surface area contributed by atoms with Crippen molar-refractivity contribution in [2.24, 2.45) is 5.92 Å². The van der Waals surface area contributed by atoms with Gasteiger partial charge in [0.25, 0.3) is 0 Å². The maximum atomic E-state index is 10.2. The Morgan fingerprint density at radius 3 is 2.64 bits per heavy atom. The average Bonchev–Trinajstić information content (AvgIpc) is 3.41. The van der Waals surface area contributed by atoms with Crippen molar-refractivity contribution in [3.63, 3.8) is 0 Å². The Morgan fingerprint density at radius 1 is 1.06 bits per heavy atom. The lowest BCUT2D eigenvalue weighted by Crippen LogP contribution is -2.46. The number of aromatic nitrogens is 3. The van der Waals surface area contributed by atoms with Gasteiger partial charge >= 0.3 is 0 Å². The molecule has 0 amide bonds. The van der Waals surface area contributed by atoms with Gasteiger partial charge in [-0.05, 0) is 42.7 Å². The monoisotopic (exact) mass is 483 g/mol. The summed E-state index contributed by atoms with van der Waals surface area (Å²) in [6, 6.07) is 13.0. The maximum Gasteiger partial charge on any atom is 0.169 e. The molecule has 184 valence electrons. The fourth-order valence-electron chi connectivity index (χ4n) is 5.28. The molecule has 9 nitrogen and oxygen atoms in total. The van der Waals surface area contributed by atoms with Crippen LogP contribution < -0.4 is 15.5 Å². The van der Waals surface area contributed by atoms with Crippen LogP contribution in [0.5, 0.6) is 5.75 Å². The number of rotatable bonds is 4. The van der Waals surface area contributed by atoms with Crippen LogP contribution in [0.3, 0.4) is 0 Å². The van der Waals surface area contributed by atoms with E-state index in [4.69, 9.17) is 5.73 Å². The molecule has 2 saturated heterocycles. The highest BCUT2D eigenvalue weighted by atomic mass is 16.3. The van der Waals surface area contributed by atoms with Crippen LogP contribution in [0.15, 0.2) is 48.7 Å². The largest absolute Gasteiger partial charge is 0.507 e. The van der Waals surface area contributed by atoms with Crippen LogP contribution in [-0.4, -0.2) is 81.7 Å². The fraction of sp³-hybridized carbons (Fsp3) is 0.370. The number of phenols is 1. The molecule has 1 aliphatic carbocycles. The van der Waals surface area contributed by atoms with Crippen molar-refractivity contribution in [1.29, 1.82) is 0 Å². The molecule has 9 heteroatoms. The molecule has 3 fully saturated rings. The van der Waals surface area contributed by atoms with Crippen molar-refractivity contribution < 1.29 is 10.2 Å². The van der Waals surface area contributed by atoms with Gasteiger partial charge in [0, 0.05) is 62.6 Å². The summed E-state index contributed by atoms with van der Waals surface area (Å²) in [5, 5.41) is 28.7. The Morgan fingerprint density at radius 2 is 1.86 bits per heavy atom. The number of hydrogen-bond donors (Lipinski definition) is 3. The number of benzene rings is 1. The number of aliphatic hydroxyl groups is 1. The Hall–Kier alpha value is -3.87. The number of piperidine rings is 1. The Kier molecular flexibility index (Phi) is 5.63. The third kappa shape index (κ3) is 4.41. The number of piperazine rings is 1. The first kappa shape index (κ1) is 22.6. The number of nitrogens with zero attached hydrogens (tertiary/aromatic N) is 6. The summed E-state index contributed by atoms with van der Waals surface area (Å²) in [6.45, 7) is 5.52. The number of aromatic hydroxyl groups is 1. The molecule has 0 spiro atoms. The summed E-state index contributed by atoms with van der Waals surface area (Å²) >= 11 is 0. The van der Waals surface area contributed by atoms with Gasteiger partial charge in [0.2, 0.25) is 0 Å². The number of fused-ring (bicyclic) bond motifs is 1. The second-order valence-electron chi connectivity index (χ2n) is 9.87. The zero-order valence-electron chi connectivity index (χ0n) is 20.0. The van der Waals surface area contributed by atoms with E-state index in [0.29, 0.717) is 29.5 Å². The van der Waals surface area contributed by atoms with Crippen LogP contribution in [0.25, 0.3) is 11.3 Å². The predicted molar refractivity (Wildman–Crippen MR) is 139 cm³/mol. The molecule has 6 rings (SSSR count). The molecule has 1 aromatic carbocycles. The van der Waals surface area contributed by atoms with E-state index in [1.165, 1.54) is 0 Å². The highest BCUT2D eigenvalue weighted by Gasteiger charge is 2.58. The number of para-hydroxylation sites is 1.